The standard InChI is InChI=1S/C15H18N4O/c20-15(16-10-12-4-2-1-3-5-12)19-8-6-13-14(7-9-19)18-11-17-13/h1-5,11H,6-10H2,(H,16,20)(H,17,18). The average Bonchev–Trinajstić information content (AvgIpc) is 2.84. The molecule has 0 saturated heterocycles. The van der Waals surface area contributed by atoms with Gasteiger partial charge < -0.3 is 15.2 Å². The summed E-state index contributed by atoms with van der Waals surface area (Å²) in [5.41, 5.74) is 3.36. The molecule has 0 spiro atoms. The van der Waals surface area contributed by atoms with E-state index in [1.54, 1.807) is 6.33 Å². The van der Waals surface area contributed by atoms with Crippen molar-refractivity contribution in [3.63, 3.8) is 0 Å². The van der Waals surface area contributed by atoms with E-state index in [-0.39, 0.29) is 6.03 Å². The molecule has 2 N–H and O–H groups in total. The predicted octanol–water partition coefficient (Wildman–Crippen LogP) is 1.72. The molecule has 0 unspecified atom stereocenters. The fourth-order valence-electron chi connectivity index (χ4n) is 2.47. The number of hydrogen-bond donors (Lipinski definition) is 2. The molecule has 0 aliphatic carbocycles. The SMILES string of the molecule is O=C(NCc1ccccc1)N1CCc2nc[nH]c2CC1. The van der Waals surface area contributed by atoms with Crippen LogP contribution in [0.15, 0.2) is 36.7 Å². The first kappa shape index (κ1) is 12.7. The molecule has 0 radical (unpaired) electrons. The molecule has 0 bridgehead atoms. The molecular weight excluding hydrogens is 252 g/mol. The Kier molecular flexibility index (Phi) is 3.67. The molecule has 2 heterocycles. The Morgan fingerprint density at radius 1 is 1.25 bits per heavy atom. The number of H-pyrrole nitrogens is 1. The maximum absolute atomic E-state index is 12.2. The van der Waals surface area contributed by atoms with Crippen molar-refractivity contribution < 1.29 is 4.79 Å². The molecular formula is C15H18N4O. The average molecular weight is 270 g/mol. The number of carbonyl (C=O) groups is 1. The number of nitrogens with one attached hydrogen (secondary N) is 2. The predicted molar refractivity (Wildman–Crippen MR) is 76.2 cm³/mol. The third-order valence-electron chi connectivity index (χ3n) is 3.63. The number of nitrogens with zero attached hydrogens (tertiary/aromatic N) is 2. The summed E-state index contributed by atoms with van der Waals surface area (Å²) in [5.74, 6) is 0. The number of rotatable bonds is 2. The van der Waals surface area contributed by atoms with Crippen LogP contribution in [0.1, 0.15) is 17.0 Å². The van der Waals surface area contributed by atoms with Gasteiger partial charge in [0.2, 0.25) is 0 Å². The maximum atomic E-state index is 12.2. The van der Waals surface area contributed by atoms with Gasteiger partial charge in [0.25, 0.3) is 0 Å². The molecule has 1 aliphatic rings. The Morgan fingerprint density at radius 3 is 2.90 bits per heavy atom. The topological polar surface area (TPSA) is 61.0 Å². The highest BCUT2D eigenvalue weighted by molar-refractivity contribution is 5.74. The highest BCUT2D eigenvalue weighted by Crippen LogP contribution is 2.11. The van der Waals surface area contributed by atoms with Crippen LogP contribution in [0.2, 0.25) is 0 Å². The van der Waals surface area contributed by atoms with Gasteiger partial charge in [-0.1, -0.05) is 30.3 Å². The Balaban J connectivity index is 1.54. The van der Waals surface area contributed by atoms with Gasteiger partial charge in [0.15, 0.2) is 0 Å². The number of imidazole rings is 1. The van der Waals surface area contributed by atoms with Crippen molar-refractivity contribution in [1.29, 1.82) is 0 Å². The van der Waals surface area contributed by atoms with E-state index >= 15 is 0 Å². The Morgan fingerprint density at radius 2 is 2.05 bits per heavy atom. The van der Waals surface area contributed by atoms with Gasteiger partial charge in [0, 0.05) is 38.2 Å². The summed E-state index contributed by atoms with van der Waals surface area (Å²) in [6.45, 7) is 2.02. The number of benzene rings is 1. The summed E-state index contributed by atoms with van der Waals surface area (Å²) in [6.07, 6.45) is 3.39. The zero-order valence-electron chi connectivity index (χ0n) is 11.3. The van der Waals surface area contributed by atoms with E-state index in [0.29, 0.717) is 6.54 Å². The summed E-state index contributed by atoms with van der Waals surface area (Å²) in [5, 5.41) is 2.97. The van der Waals surface area contributed by atoms with Crippen molar-refractivity contribution in [2.24, 2.45) is 0 Å². The molecule has 5 heteroatoms. The van der Waals surface area contributed by atoms with Crippen LogP contribution in [0.3, 0.4) is 0 Å². The van der Waals surface area contributed by atoms with Gasteiger partial charge >= 0.3 is 6.03 Å². The van der Waals surface area contributed by atoms with Crippen molar-refractivity contribution in [3.8, 4) is 0 Å². The minimum absolute atomic E-state index is 0.000920. The second-order valence-corrected chi connectivity index (χ2v) is 4.96. The van der Waals surface area contributed by atoms with Gasteiger partial charge in [-0.25, -0.2) is 9.78 Å². The van der Waals surface area contributed by atoms with Gasteiger partial charge in [0.1, 0.15) is 0 Å². The van der Waals surface area contributed by atoms with Crippen molar-refractivity contribution in [1.82, 2.24) is 20.2 Å². The normalized spacial score (nSPS) is 14.5. The fraction of sp³-hybridized carbons (Fsp3) is 0.333. The van der Waals surface area contributed by atoms with Crippen LogP contribution in [-0.2, 0) is 19.4 Å². The first-order chi connectivity index (χ1) is 9.83. The number of carbonyl (C=O) groups excluding carboxylic acids is 1. The van der Waals surface area contributed by atoms with E-state index < -0.39 is 0 Å². The van der Waals surface area contributed by atoms with Crippen LogP contribution in [0, 0.1) is 0 Å². The lowest BCUT2D eigenvalue weighted by Crippen LogP contribution is -2.41. The summed E-state index contributed by atoms with van der Waals surface area (Å²) in [4.78, 5) is 21.5. The first-order valence-corrected chi connectivity index (χ1v) is 6.91. The zero-order chi connectivity index (χ0) is 13.8. The monoisotopic (exact) mass is 270 g/mol. The van der Waals surface area contributed by atoms with E-state index in [1.165, 1.54) is 0 Å². The second-order valence-electron chi connectivity index (χ2n) is 4.96. The molecule has 0 atom stereocenters. The van der Waals surface area contributed by atoms with E-state index in [0.717, 1.165) is 42.9 Å². The zero-order valence-corrected chi connectivity index (χ0v) is 11.3. The van der Waals surface area contributed by atoms with E-state index in [4.69, 9.17) is 0 Å². The minimum Gasteiger partial charge on any atom is -0.348 e. The Hall–Kier alpha value is -2.30. The molecule has 2 aromatic rings. The number of amides is 2. The number of urea groups is 1. The second kappa shape index (κ2) is 5.77. The van der Waals surface area contributed by atoms with Gasteiger partial charge in [-0.2, -0.15) is 0 Å². The highest BCUT2D eigenvalue weighted by Gasteiger charge is 2.19. The lowest BCUT2D eigenvalue weighted by atomic mass is 10.2. The van der Waals surface area contributed by atoms with Gasteiger partial charge in [0.05, 0.1) is 12.0 Å². The summed E-state index contributed by atoms with van der Waals surface area (Å²) < 4.78 is 0. The van der Waals surface area contributed by atoms with Crippen LogP contribution < -0.4 is 5.32 Å². The molecule has 5 nitrogen and oxygen atoms in total. The third kappa shape index (κ3) is 2.82. The summed E-state index contributed by atoms with van der Waals surface area (Å²) in [7, 11) is 0. The Bertz CT molecular complexity index is 556. The molecule has 1 aromatic heterocycles. The molecule has 0 fully saturated rings. The van der Waals surface area contributed by atoms with Crippen molar-refractivity contribution >= 4 is 6.03 Å². The molecule has 20 heavy (non-hydrogen) atoms. The maximum Gasteiger partial charge on any atom is 0.317 e. The largest absolute Gasteiger partial charge is 0.348 e. The van der Waals surface area contributed by atoms with Gasteiger partial charge in [-0.15, -0.1) is 0 Å². The van der Waals surface area contributed by atoms with Crippen LogP contribution in [0.4, 0.5) is 4.79 Å². The van der Waals surface area contributed by atoms with Crippen LogP contribution >= 0.6 is 0 Å². The lowest BCUT2D eigenvalue weighted by molar-refractivity contribution is 0.199. The lowest BCUT2D eigenvalue weighted by Gasteiger charge is -2.20. The van der Waals surface area contributed by atoms with Crippen LogP contribution in [0.25, 0.3) is 0 Å². The van der Waals surface area contributed by atoms with E-state index in [1.807, 2.05) is 35.2 Å². The smallest absolute Gasteiger partial charge is 0.317 e. The molecule has 104 valence electrons. The highest BCUT2D eigenvalue weighted by atomic mass is 16.2. The quantitative estimate of drug-likeness (QED) is 0.873. The molecule has 0 saturated carbocycles. The summed E-state index contributed by atoms with van der Waals surface area (Å²) >= 11 is 0. The van der Waals surface area contributed by atoms with Crippen LogP contribution in [0.5, 0.6) is 0 Å². The van der Waals surface area contributed by atoms with Gasteiger partial charge in [-0.05, 0) is 5.56 Å². The fourth-order valence-corrected chi connectivity index (χ4v) is 2.47. The van der Waals surface area contributed by atoms with Gasteiger partial charge in [-0.3, -0.25) is 0 Å². The van der Waals surface area contributed by atoms with Crippen LogP contribution in [-0.4, -0.2) is 34.0 Å². The number of aromatic amines is 1. The molecule has 1 aromatic carbocycles. The number of aromatic nitrogens is 2. The molecule has 3 rings (SSSR count). The molecule has 2 amide bonds. The minimum atomic E-state index is -0.000920. The van der Waals surface area contributed by atoms with Crippen molar-refractivity contribution in [3.05, 3.63) is 53.6 Å². The van der Waals surface area contributed by atoms with E-state index in [2.05, 4.69) is 15.3 Å². The van der Waals surface area contributed by atoms with Crippen molar-refractivity contribution in [2.75, 3.05) is 13.1 Å². The van der Waals surface area contributed by atoms with E-state index in [9.17, 15) is 4.79 Å². The first-order valence-electron chi connectivity index (χ1n) is 6.91. The van der Waals surface area contributed by atoms with Crippen molar-refractivity contribution in [2.45, 2.75) is 19.4 Å². The Labute approximate surface area is 118 Å². The molecule has 1 aliphatic heterocycles. The number of fused-ring (bicyclic) bond motifs is 1. The third-order valence-corrected chi connectivity index (χ3v) is 3.63. The number of hydrogen-bond acceptors (Lipinski definition) is 2. The summed E-state index contributed by atoms with van der Waals surface area (Å²) in [6, 6.07) is 9.95.